The first-order valence-electron chi connectivity index (χ1n) is 9.85. The van der Waals surface area contributed by atoms with Crippen molar-refractivity contribution in [2.45, 2.75) is 19.3 Å². The zero-order chi connectivity index (χ0) is 20.5. The summed E-state index contributed by atoms with van der Waals surface area (Å²) in [4.78, 5) is 29.6. The smallest absolute Gasteiger partial charge is 0.232 e. The molecule has 2 aromatic carbocycles. The molecule has 0 radical (unpaired) electrons. The molecule has 0 aliphatic carbocycles. The molecule has 2 amide bonds. The van der Waals surface area contributed by atoms with Crippen molar-refractivity contribution in [1.29, 1.82) is 0 Å². The molecule has 2 N–H and O–H groups in total. The summed E-state index contributed by atoms with van der Waals surface area (Å²) in [5.74, 6) is -1.63. The summed E-state index contributed by atoms with van der Waals surface area (Å²) < 4.78 is 13.5. The molecule has 0 bridgehead atoms. The average molecular weight is 396 g/mol. The van der Waals surface area contributed by atoms with Gasteiger partial charge in [0.1, 0.15) is 5.82 Å². The molecule has 0 spiro atoms. The van der Waals surface area contributed by atoms with E-state index in [2.05, 4.69) is 33.5 Å². The number of hydrogen-bond acceptors (Lipinski definition) is 4. The normalized spacial score (nSPS) is 19.5. The fraction of sp³-hybridized carbons (Fsp3) is 0.364. The van der Waals surface area contributed by atoms with E-state index >= 15 is 0 Å². The highest BCUT2D eigenvalue weighted by molar-refractivity contribution is 6.05. The van der Waals surface area contributed by atoms with Crippen LogP contribution >= 0.6 is 0 Å². The van der Waals surface area contributed by atoms with Crippen molar-refractivity contribution < 1.29 is 14.0 Å². The maximum atomic E-state index is 13.5. The van der Waals surface area contributed by atoms with Crippen molar-refractivity contribution in [1.82, 2.24) is 4.90 Å². The first kappa shape index (κ1) is 19.4. The second kappa shape index (κ2) is 7.83. The van der Waals surface area contributed by atoms with Crippen LogP contribution in [-0.2, 0) is 9.59 Å². The summed E-state index contributed by atoms with van der Waals surface area (Å²) in [5.41, 5.74) is 3.84. The summed E-state index contributed by atoms with van der Waals surface area (Å²) in [7, 11) is 2.12. The number of halogens is 1. The van der Waals surface area contributed by atoms with Gasteiger partial charge >= 0.3 is 0 Å². The van der Waals surface area contributed by atoms with Crippen LogP contribution in [0.1, 0.15) is 23.5 Å². The molecule has 2 heterocycles. The van der Waals surface area contributed by atoms with E-state index in [-0.39, 0.29) is 18.2 Å². The van der Waals surface area contributed by atoms with Crippen LogP contribution in [0.15, 0.2) is 36.4 Å². The molecule has 4 rings (SSSR count). The van der Waals surface area contributed by atoms with Crippen LogP contribution in [0.2, 0.25) is 0 Å². The zero-order valence-corrected chi connectivity index (χ0v) is 16.7. The van der Waals surface area contributed by atoms with Gasteiger partial charge in [0, 0.05) is 49.7 Å². The van der Waals surface area contributed by atoms with Crippen LogP contribution in [0.5, 0.6) is 0 Å². The van der Waals surface area contributed by atoms with Crippen molar-refractivity contribution in [3.8, 4) is 0 Å². The van der Waals surface area contributed by atoms with E-state index in [1.165, 1.54) is 12.1 Å². The van der Waals surface area contributed by atoms with Gasteiger partial charge in [0.2, 0.25) is 11.8 Å². The van der Waals surface area contributed by atoms with Gasteiger partial charge in [-0.15, -0.1) is 0 Å². The highest BCUT2D eigenvalue weighted by Gasteiger charge is 2.31. The maximum absolute atomic E-state index is 13.5. The number of rotatable bonds is 3. The number of fused-ring (bicyclic) bond motifs is 1. The van der Waals surface area contributed by atoms with Gasteiger partial charge in [0.15, 0.2) is 0 Å². The maximum Gasteiger partial charge on any atom is 0.232 e. The molecule has 6 nitrogen and oxygen atoms in total. The monoisotopic (exact) mass is 396 g/mol. The minimum atomic E-state index is -0.643. The van der Waals surface area contributed by atoms with Crippen LogP contribution in [0.3, 0.4) is 0 Å². The van der Waals surface area contributed by atoms with Gasteiger partial charge < -0.3 is 20.4 Å². The van der Waals surface area contributed by atoms with E-state index in [1.807, 2.05) is 19.1 Å². The number of carbonyl (C=O) groups excluding carboxylic acids is 2. The quantitative estimate of drug-likeness (QED) is 0.837. The highest BCUT2D eigenvalue weighted by Crippen LogP contribution is 2.34. The number of amides is 2. The molecule has 0 unspecified atom stereocenters. The van der Waals surface area contributed by atoms with E-state index in [0.717, 1.165) is 43.1 Å². The Bertz CT molecular complexity index is 954. The number of carbonyl (C=O) groups is 2. The van der Waals surface area contributed by atoms with Crippen LogP contribution in [0.25, 0.3) is 0 Å². The third-order valence-electron chi connectivity index (χ3n) is 5.71. The average Bonchev–Trinajstić information content (AvgIpc) is 2.69. The molecular formula is C22H25FN4O2. The van der Waals surface area contributed by atoms with E-state index in [0.29, 0.717) is 11.3 Å². The Labute approximate surface area is 169 Å². The zero-order valence-electron chi connectivity index (χ0n) is 16.7. The molecule has 29 heavy (non-hydrogen) atoms. The number of nitrogens with one attached hydrogen (secondary N) is 2. The molecule has 2 aromatic rings. The fourth-order valence-electron chi connectivity index (χ4n) is 3.94. The number of aryl methyl sites for hydroxylation is 1. The minimum absolute atomic E-state index is 0.0445. The Morgan fingerprint density at radius 3 is 2.62 bits per heavy atom. The first-order chi connectivity index (χ1) is 13.9. The number of anilines is 3. The van der Waals surface area contributed by atoms with Gasteiger partial charge in [-0.25, -0.2) is 4.39 Å². The Kier molecular flexibility index (Phi) is 5.24. The van der Waals surface area contributed by atoms with Crippen molar-refractivity contribution in [3.63, 3.8) is 0 Å². The van der Waals surface area contributed by atoms with Gasteiger partial charge in [-0.2, -0.15) is 0 Å². The standard InChI is InChI=1S/C22H25FN4O2/c1-14-11-16(27-9-7-26(2)8-10-27)4-6-19(14)25-22(29)18-13-21(28)24-20-12-15(23)3-5-17(18)20/h3-6,11-12,18H,7-10,13H2,1-2H3,(H,24,28)(H,25,29)/t18-/m1/s1. The molecule has 1 fully saturated rings. The SMILES string of the molecule is Cc1cc(N2CCN(C)CC2)ccc1NC(=O)[C@@H]1CC(=O)Nc2cc(F)ccc21. The Morgan fingerprint density at radius 2 is 1.90 bits per heavy atom. The summed E-state index contributed by atoms with van der Waals surface area (Å²) in [6.07, 6.45) is 0.0445. The lowest BCUT2D eigenvalue weighted by Crippen LogP contribution is -2.44. The summed E-state index contributed by atoms with van der Waals surface area (Å²) in [5, 5.41) is 5.59. The molecule has 0 saturated carbocycles. The molecule has 1 atom stereocenters. The number of hydrogen-bond donors (Lipinski definition) is 2. The third kappa shape index (κ3) is 4.10. The Morgan fingerprint density at radius 1 is 1.14 bits per heavy atom. The number of likely N-dealkylation sites (N-methyl/N-ethyl adjacent to an activating group) is 1. The molecule has 1 saturated heterocycles. The van der Waals surface area contributed by atoms with Crippen molar-refractivity contribution in [3.05, 3.63) is 53.3 Å². The van der Waals surface area contributed by atoms with E-state index < -0.39 is 11.7 Å². The molecule has 2 aliphatic rings. The second-order valence-corrected chi connectivity index (χ2v) is 7.82. The van der Waals surface area contributed by atoms with Crippen molar-refractivity contribution in [2.24, 2.45) is 0 Å². The Hall–Kier alpha value is -2.93. The lowest BCUT2D eigenvalue weighted by Gasteiger charge is -2.34. The van der Waals surface area contributed by atoms with Crippen molar-refractivity contribution in [2.75, 3.05) is 48.8 Å². The largest absolute Gasteiger partial charge is 0.369 e. The van der Waals surface area contributed by atoms with Gasteiger partial charge in [-0.3, -0.25) is 9.59 Å². The summed E-state index contributed by atoms with van der Waals surface area (Å²) >= 11 is 0. The van der Waals surface area contributed by atoms with Gasteiger partial charge in [0.25, 0.3) is 0 Å². The lowest BCUT2D eigenvalue weighted by molar-refractivity contribution is -0.123. The number of benzene rings is 2. The van der Waals surface area contributed by atoms with Crippen LogP contribution in [-0.4, -0.2) is 49.9 Å². The van der Waals surface area contributed by atoms with Gasteiger partial charge in [0.05, 0.1) is 5.92 Å². The summed E-state index contributed by atoms with van der Waals surface area (Å²) in [6.45, 7) is 5.98. The minimum Gasteiger partial charge on any atom is -0.369 e. The number of piperazine rings is 1. The first-order valence-corrected chi connectivity index (χ1v) is 9.85. The van der Waals surface area contributed by atoms with Crippen LogP contribution < -0.4 is 15.5 Å². The molecule has 0 aromatic heterocycles. The third-order valence-corrected chi connectivity index (χ3v) is 5.71. The topological polar surface area (TPSA) is 64.7 Å². The Balaban J connectivity index is 1.51. The second-order valence-electron chi connectivity index (χ2n) is 7.82. The van der Waals surface area contributed by atoms with E-state index in [4.69, 9.17) is 0 Å². The van der Waals surface area contributed by atoms with Crippen molar-refractivity contribution >= 4 is 28.9 Å². The molecule has 152 valence electrons. The van der Waals surface area contributed by atoms with Crippen LogP contribution in [0.4, 0.5) is 21.5 Å². The van der Waals surface area contributed by atoms with Crippen LogP contribution in [0, 0.1) is 12.7 Å². The summed E-state index contributed by atoms with van der Waals surface area (Å²) in [6, 6.07) is 10.1. The number of nitrogens with zero attached hydrogens (tertiary/aromatic N) is 2. The highest BCUT2D eigenvalue weighted by atomic mass is 19.1. The fourth-order valence-corrected chi connectivity index (χ4v) is 3.94. The van der Waals surface area contributed by atoms with E-state index in [1.54, 1.807) is 6.07 Å². The lowest BCUT2D eigenvalue weighted by atomic mass is 9.89. The van der Waals surface area contributed by atoms with Gasteiger partial charge in [-0.05, 0) is 55.4 Å². The van der Waals surface area contributed by atoms with Gasteiger partial charge in [-0.1, -0.05) is 6.07 Å². The molecular weight excluding hydrogens is 371 g/mol. The molecule has 7 heteroatoms. The predicted octanol–water partition coefficient (Wildman–Crippen LogP) is 2.95. The predicted molar refractivity (Wildman–Crippen MR) is 112 cm³/mol. The van der Waals surface area contributed by atoms with E-state index in [9.17, 15) is 14.0 Å². The molecule has 2 aliphatic heterocycles.